The third-order valence-electron chi connectivity index (χ3n) is 2.67. The number of hydrogen-bond acceptors (Lipinski definition) is 2. The number of benzene rings is 1. The summed E-state index contributed by atoms with van der Waals surface area (Å²) in [6.45, 7) is 3.70. The summed E-state index contributed by atoms with van der Waals surface area (Å²) in [5, 5.41) is 8.48. The molecule has 1 aromatic carbocycles. The van der Waals surface area contributed by atoms with Gasteiger partial charge < -0.3 is 5.32 Å². The lowest BCUT2D eigenvalue weighted by Gasteiger charge is -2.04. The Morgan fingerprint density at radius 1 is 1.24 bits per heavy atom. The number of nitrogens with zero attached hydrogens (tertiary/aromatic N) is 2. The van der Waals surface area contributed by atoms with E-state index in [2.05, 4.69) is 10.4 Å². The number of aryl methyl sites for hydroxylation is 2. The summed E-state index contributed by atoms with van der Waals surface area (Å²) in [7, 11) is 1.94. The summed E-state index contributed by atoms with van der Waals surface area (Å²) in [4.78, 5) is 0. The van der Waals surface area contributed by atoms with Gasteiger partial charge in [0.2, 0.25) is 0 Å². The van der Waals surface area contributed by atoms with Crippen LogP contribution >= 0.6 is 11.6 Å². The molecule has 0 amide bonds. The SMILES string of the molecule is Cc1nn(C)cc1CNCc1ccc(Cl)cc1. The first-order chi connectivity index (χ1) is 8.15. The van der Waals surface area contributed by atoms with Crippen LogP contribution in [0.25, 0.3) is 0 Å². The Hall–Kier alpha value is -1.32. The molecule has 17 heavy (non-hydrogen) atoms. The zero-order chi connectivity index (χ0) is 12.3. The molecule has 0 bridgehead atoms. The second-order valence-electron chi connectivity index (χ2n) is 4.14. The van der Waals surface area contributed by atoms with Crippen LogP contribution in [0, 0.1) is 6.92 Å². The van der Waals surface area contributed by atoms with Crippen molar-refractivity contribution in [1.82, 2.24) is 15.1 Å². The monoisotopic (exact) mass is 249 g/mol. The van der Waals surface area contributed by atoms with Gasteiger partial charge in [-0.15, -0.1) is 0 Å². The van der Waals surface area contributed by atoms with Crippen LogP contribution in [0.5, 0.6) is 0 Å². The van der Waals surface area contributed by atoms with Crippen molar-refractivity contribution >= 4 is 11.6 Å². The van der Waals surface area contributed by atoms with Gasteiger partial charge in [-0.05, 0) is 24.6 Å². The van der Waals surface area contributed by atoms with Crippen LogP contribution < -0.4 is 5.32 Å². The van der Waals surface area contributed by atoms with Gasteiger partial charge in [0.1, 0.15) is 0 Å². The molecule has 2 aromatic rings. The van der Waals surface area contributed by atoms with Gasteiger partial charge in [0, 0.05) is 36.9 Å². The third kappa shape index (κ3) is 3.32. The van der Waals surface area contributed by atoms with Gasteiger partial charge in [-0.1, -0.05) is 23.7 Å². The molecule has 0 aliphatic rings. The predicted molar refractivity (Wildman–Crippen MR) is 69.9 cm³/mol. The van der Waals surface area contributed by atoms with Crippen molar-refractivity contribution in [3.63, 3.8) is 0 Å². The molecule has 3 nitrogen and oxygen atoms in total. The molecule has 1 heterocycles. The Bertz CT molecular complexity index is 488. The summed E-state index contributed by atoms with van der Waals surface area (Å²) in [6.07, 6.45) is 2.05. The second kappa shape index (κ2) is 5.34. The zero-order valence-electron chi connectivity index (χ0n) is 10.1. The average molecular weight is 250 g/mol. The molecule has 0 saturated heterocycles. The quantitative estimate of drug-likeness (QED) is 0.903. The maximum atomic E-state index is 5.83. The van der Waals surface area contributed by atoms with E-state index in [0.717, 1.165) is 23.8 Å². The van der Waals surface area contributed by atoms with Crippen molar-refractivity contribution in [3.05, 3.63) is 52.3 Å². The summed E-state index contributed by atoms with van der Waals surface area (Å²) in [5.74, 6) is 0. The van der Waals surface area contributed by atoms with E-state index < -0.39 is 0 Å². The van der Waals surface area contributed by atoms with Gasteiger partial charge >= 0.3 is 0 Å². The normalized spacial score (nSPS) is 10.8. The van der Waals surface area contributed by atoms with Crippen molar-refractivity contribution in [2.75, 3.05) is 0 Å². The summed E-state index contributed by atoms with van der Waals surface area (Å²) >= 11 is 5.83. The van der Waals surface area contributed by atoms with Gasteiger partial charge in [-0.2, -0.15) is 5.10 Å². The van der Waals surface area contributed by atoms with Crippen LogP contribution in [-0.2, 0) is 20.1 Å². The van der Waals surface area contributed by atoms with E-state index in [1.54, 1.807) is 0 Å². The minimum atomic E-state index is 0.775. The van der Waals surface area contributed by atoms with Gasteiger partial charge in [0.25, 0.3) is 0 Å². The molecule has 0 fully saturated rings. The van der Waals surface area contributed by atoms with Gasteiger partial charge in [0.15, 0.2) is 0 Å². The molecule has 90 valence electrons. The Labute approximate surface area is 106 Å². The number of rotatable bonds is 4. The molecule has 0 aliphatic carbocycles. The second-order valence-corrected chi connectivity index (χ2v) is 4.58. The molecular weight excluding hydrogens is 234 g/mol. The highest BCUT2D eigenvalue weighted by Crippen LogP contribution is 2.10. The van der Waals surface area contributed by atoms with E-state index >= 15 is 0 Å². The molecule has 0 aliphatic heterocycles. The van der Waals surface area contributed by atoms with Crippen LogP contribution in [0.4, 0.5) is 0 Å². The van der Waals surface area contributed by atoms with Gasteiger partial charge in [0.05, 0.1) is 5.69 Å². The van der Waals surface area contributed by atoms with Crippen molar-refractivity contribution in [3.8, 4) is 0 Å². The lowest BCUT2D eigenvalue weighted by atomic mass is 10.2. The summed E-state index contributed by atoms with van der Waals surface area (Å²) in [5.41, 5.74) is 3.55. The van der Waals surface area contributed by atoms with Crippen LogP contribution in [0.1, 0.15) is 16.8 Å². The summed E-state index contributed by atoms with van der Waals surface area (Å²) in [6, 6.07) is 7.89. The van der Waals surface area contributed by atoms with E-state index in [0.29, 0.717) is 0 Å². The fourth-order valence-corrected chi connectivity index (χ4v) is 1.89. The van der Waals surface area contributed by atoms with Crippen molar-refractivity contribution in [2.45, 2.75) is 20.0 Å². The zero-order valence-corrected chi connectivity index (χ0v) is 10.8. The van der Waals surface area contributed by atoms with E-state index in [9.17, 15) is 0 Å². The van der Waals surface area contributed by atoms with Gasteiger partial charge in [-0.3, -0.25) is 4.68 Å². The Kier molecular flexibility index (Phi) is 3.82. The Morgan fingerprint density at radius 2 is 1.94 bits per heavy atom. The molecule has 0 unspecified atom stereocenters. The molecular formula is C13H16ClN3. The number of halogens is 1. The Morgan fingerprint density at radius 3 is 2.53 bits per heavy atom. The lowest BCUT2D eigenvalue weighted by molar-refractivity contribution is 0.690. The highest BCUT2D eigenvalue weighted by atomic mass is 35.5. The van der Waals surface area contributed by atoms with Crippen LogP contribution in [0.15, 0.2) is 30.5 Å². The topological polar surface area (TPSA) is 29.9 Å². The fourth-order valence-electron chi connectivity index (χ4n) is 1.77. The van der Waals surface area contributed by atoms with E-state index in [-0.39, 0.29) is 0 Å². The van der Waals surface area contributed by atoms with Crippen LogP contribution in [0.3, 0.4) is 0 Å². The van der Waals surface area contributed by atoms with Crippen molar-refractivity contribution in [2.24, 2.45) is 7.05 Å². The maximum Gasteiger partial charge on any atom is 0.0638 e. The maximum absolute atomic E-state index is 5.83. The van der Waals surface area contributed by atoms with Crippen LogP contribution in [0.2, 0.25) is 5.02 Å². The van der Waals surface area contributed by atoms with E-state index in [1.807, 2.05) is 49.1 Å². The number of nitrogens with one attached hydrogen (secondary N) is 1. The highest BCUT2D eigenvalue weighted by Gasteiger charge is 2.02. The van der Waals surface area contributed by atoms with Crippen molar-refractivity contribution < 1.29 is 0 Å². The number of aromatic nitrogens is 2. The molecule has 4 heteroatoms. The van der Waals surface area contributed by atoms with Crippen LogP contribution in [-0.4, -0.2) is 9.78 Å². The number of hydrogen-bond donors (Lipinski definition) is 1. The molecule has 0 saturated carbocycles. The van der Waals surface area contributed by atoms with E-state index in [1.165, 1.54) is 11.1 Å². The Balaban J connectivity index is 1.87. The summed E-state index contributed by atoms with van der Waals surface area (Å²) < 4.78 is 1.84. The molecule has 0 radical (unpaired) electrons. The first kappa shape index (κ1) is 12.1. The molecule has 1 aromatic heterocycles. The predicted octanol–water partition coefficient (Wildman–Crippen LogP) is 2.67. The molecule has 0 spiro atoms. The molecule has 0 atom stereocenters. The largest absolute Gasteiger partial charge is 0.308 e. The van der Waals surface area contributed by atoms with E-state index in [4.69, 9.17) is 11.6 Å². The molecule has 2 rings (SSSR count). The minimum Gasteiger partial charge on any atom is -0.308 e. The van der Waals surface area contributed by atoms with Gasteiger partial charge in [-0.25, -0.2) is 0 Å². The molecule has 1 N–H and O–H groups in total. The first-order valence-corrected chi connectivity index (χ1v) is 5.97. The smallest absolute Gasteiger partial charge is 0.0638 e. The highest BCUT2D eigenvalue weighted by molar-refractivity contribution is 6.30. The standard InChI is InChI=1S/C13H16ClN3/c1-10-12(9-17(2)16-10)8-15-7-11-3-5-13(14)6-4-11/h3-6,9,15H,7-8H2,1-2H3. The fraction of sp³-hybridized carbons (Fsp3) is 0.308. The third-order valence-corrected chi connectivity index (χ3v) is 2.92. The average Bonchev–Trinajstić information content (AvgIpc) is 2.60. The lowest BCUT2D eigenvalue weighted by Crippen LogP contribution is -2.12. The first-order valence-electron chi connectivity index (χ1n) is 5.59. The minimum absolute atomic E-state index is 0.775. The van der Waals surface area contributed by atoms with Crippen molar-refractivity contribution in [1.29, 1.82) is 0 Å².